The molecule has 1 aliphatic rings. The van der Waals surface area contributed by atoms with E-state index in [2.05, 4.69) is 22.4 Å². The van der Waals surface area contributed by atoms with Gasteiger partial charge in [-0.1, -0.05) is 24.3 Å². The molecule has 3 N–H and O–H groups in total. The minimum Gasteiger partial charge on any atom is -0.459 e. The van der Waals surface area contributed by atoms with Crippen LogP contribution in [0.15, 0.2) is 36.4 Å². The summed E-state index contributed by atoms with van der Waals surface area (Å²) in [5.74, 6) is 0.267. The maximum Gasteiger partial charge on any atom is 0.326 e. The first kappa shape index (κ1) is 23.0. The van der Waals surface area contributed by atoms with Crippen molar-refractivity contribution in [3.05, 3.63) is 53.1 Å². The number of carbonyl (C=O) groups is 1. The Morgan fingerprint density at radius 3 is 2.65 bits per heavy atom. The van der Waals surface area contributed by atoms with Gasteiger partial charge in [-0.2, -0.15) is 0 Å². The molecule has 0 unspecified atom stereocenters. The van der Waals surface area contributed by atoms with Gasteiger partial charge in [-0.05, 0) is 55.0 Å². The number of aryl methyl sites for hydroxylation is 1. The third-order valence-corrected chi connectivity index (χ3v) is 6.47. The highest BCUT2D eigenvalue weighted by atomic mass is 32.2. The molecule has 0 fully saturated rings. The molecule has 9 heteroatoms. The molecule has 2 aromatic rings. The molecule has 0 aliphatic carbocycles. The zero-order valence-electron chi connectivity index (χ0n) is 18.2. The van der Waals surface area contributed by atoms with Crippen LogP contribution in [0, 0.1) is 0 Å². The number of cyclic esters (lactones) is 1. The lowest BCUT2D eigenvalue weighted by atomic mass is 9.92. The number of ether oxygens (including phenoxy) is 1. The summed E-state index contributed by atoms with van der Waals surface area (Å²) < 4.78 is 30.5. The number of carbonyl (C=O) groups excluding carboxylic acids is 1. The number of sulfonamides is 1. The van der Waals surface area contributed by atoms with Crippen molar-refractivity contribution in [2.75, 3.05) is 29.5 Å². The third-order valence-electron chi connectivity index (χ3n) is 5.29. The molecule has 0 saturated heterocycles. The minimum absolute atomic E-state index is 0.0343. The third kappa shape index (κ3) is 6.18. The van der Waals surface area contributed by atoms with Gasteiger partial charge in [0.15, 0.2) is 0 Å². The van der Waals surface area contributed by atoms with Gasteiger partial charge in [0, 0.05) is 20.0 Å². The number of anilines is 2. The van der Waals surface area contributed by atoms with Crippen molar-refractivity contribution in [2.24, 2.45) is 5.73 Å². The Morgan fingerprint density at radius 2 is 1.90 bits per heavy atom. The van der Waals surface area contributed by atoms with Crippen molar-refractivity contribution in [3.8, 4) is 0 Å². The van der Waals surface area contributed by atoms with E-state index in [0.717, 1.165) is 35.4 Å². The van der Waals surface area contributed by atoms with Crippen molar-refractivity contribution in [2.45, 2.75) is 44.8 Å². The number of nitrogens with zero attached hydrogens (tertiary/aromatic N) is 2. The Morgan fingerprint density at radius 1 is 1.16 bits per heavy atom. The van der Waals surface area contributed by atoms with Gasteiger partial charge < -0.3 is 15.8 Å². The molecule has 1 aromatic carbocycles. The Kier molecular flexibility index (Phi) is 6.86. The molecule has 1 aliphatic heterocycles. The number of benzene rings is 1. The highest BCUT2D eigenvalue weighted by Crippen LogP contribution is 2.22. The second-order valence-electron chi connectivity index (χ2n) is 8.32. The van der Waals surface area contributed by atoms with Crippen molar-refractivity contribution in [3.63, 3.8) is 0 Å². The van der Waals surface area contributed by atoms with E-state index in [1.54, 1.807) is 19.1 Å². The molecular formula is C22H30N4O4S. The highest BCUT2D eigenvalue weighted by Gasteiger charge is 2.30. The fraction of sp³-hybridized carbons (Fsp3) is 0.455. The molecule has 1 atom stereocenters. The van der Waals surface area contributed by atoms with E-state index >= 15 is 0 Å². The Balaban J connectivity index is 1.90. The number of hydrogen-bond acceptors (Lipinski definition) is 7. The highest BCUT2D eigenvalue weighted by molar-refractivity contribution is 7.92. The number of aromatic nitrogens is 1. The van der Waals surface area contributed by atoms with Crippen LogP contribution in [0.3, 0.4) is 0 Å². The van der Waals surface area contributed by atoms with Gasteiger partial charge >= 0.3 is 5.97 Å². The summed E-state index contributed by atoms with van der Waals surface area (Å²) in [6, 6.07) is 11.5. The minimum atomic E-state index is -3.49. The molecule has 8 nitrogen and oxygen atoms in total. The van der Waals surface area contributed by atoms with E-state index in [1.807, 2.05) is 12.1 Å². The zero-order chi connectivity index (χ0) is 22.6. The van der Waals surface area contributed by atoms with Crippen molar-refractivity contribution in [1.82, 2.24) is 4.98 Å². The largest absolute Gasteiger partial charge is 0.459 e. The lowest BCUT2D eigenvalue weighted by molar-refractivity contribution is -0.150. The molecule has 3 rings (SSSR count). The fourth-order valence-corrected chi connectivity index (χ4v) is 3.89. The van der Waals surface area contributed by atoms with E-state index in [1.165, 1.54) is 12.6 Å². The van der Waals surface area contributed by atoms with Crippen LogP contribution in [-0.4, -0.2) is 44.8 Å². The zero-order valence-corrected chi connectivity index (χ0v) is 19.0. The lowest BCUT2D eigenvalue weighted by Gasteiger charge is -2.23. The maximum atomic E-state index is 12.7. The van der Waals surface area contributed by atoms with Crippen LogP contribution in [0.4, 0.5) is 11.6 Å². The summed E-state index contributed by atoms with van der Waals surface area (Å²) in [4.78, 5) is 17.1. The molecule has 2 heterocycles. The Hall–Kier alpha value is -2.65. The second kappa shape index (κ2) is 9.23. The average Bonchev–Trinajstić information content (AvgIpc) is 2.69. The quantitative estimate of drug-likeness (QED) is 0.680. The van der Waals surface area contributed by atoms with E-state index < -0.39 is 21.5 Å². The summed E-state index contributed by atoms with van der Waals surface area (Å²) >= 11 is 0. The van der Waals surface area contributed by atoms with Crippen LogP contribution in [-0.2, 0) is 39.0 Å². The number of rotatable bonds is 2. The van der Waals surface area contributed by atoms with Crippen LogP contribution >= 0.6 is 0 Å². The van der Waals surface area contributed by atoms with E-state index in [4.69, 9.17) is 10.5 Å². The monoisotopic (exact) mass is 446 g/mol. The molecule has 168 valence electrons. The topological polar surface area (TPSA) is 115 Å². The molecule has 0 saturated carbocycles. The van der Waals surface area contributed by atoms with E-state index in [0.29, 0.717) is 24.3 Å². The Bertz CT molecular complexity index is 1050. The molecule has 0 amide bonds. The van der Waals surface area contributed by atoms with Crippen LogP contribution in [0.2, 0.25) is 0 Å². The molecule has 1 aromatic heterocycles. The van der Waals surface area contributed by atoms with Gasteiger partial charge in [-0.15, -0.1) is 0 Å². The molecule has 0 spiro atoms. The molecule has 4 bridgehead atoms. The second-order valence-corrected chi connectivity index (χ2v) is 10.3. The van der Waals surface area contributed by atoms with Gasteiger partial charge in [-0.25, -0.2) is 13.4 Å². The summed E-state index contributed by atoms with van der Waals surface area (Å²) in [5, 5.41) is 3.25. The smallest absolute Gasteiger partial charge is 0.326 e. The fourth-order valence-electron chi connectivity index (χ4n) is 3.45. The van der Waals surface area contributed by atoms with Crippen molar-refractivity contribution < 1.29 is 17.9 Å². The van der Waals surface area contributed by atoms with Crippen LogP contribution in [0.1, 0.15) is 36.5 Å². The predicted octanol–water partition coefficient (Wildman–Crippen LogP) is 2.23. The van der Waals surface area contributed by atoms with Gasteiger partial charge in [0.25, 0.3) is 0 Å². The van der Waals surface area contributed by atoms with Crippen molar-refractivity contribution in [1.29, 1.82) is 0 Å². The first-order valence-corrected chi connectivity index (χ1v) is 12.1. The molecule has 31 heavy (non-hydrogen) atoms. The van der Waals surface area contributed by atoms with Crippen LogP contribution in [0.25, 0.3) is 0 Å². The van der Waals surface area contributed by atoms with Gasteiger partial charge in [0.05, 0.1) is 6.26 Å². The average molecular weight is 447 g/mol. The number of hydrogen-bond donors (Lipinski definition) is 2. The maximum absolute atomic E-state index is 12.7. The number of pyridine rings is 1. The van der Waals surface area contributed by atoms with E-state index in [9.17, 15) is 13.2 Å². The number of esters is 1. The van der Waals surface area contributed by atoms with Crippen molar-refractivity contribution >= 4 is 27.6 Å². The normalized spacial score (nSPS) is 20.5. The van der Waals surface area contributed by atoms with Crippen LogP contribution in [0.5, 0.6) is 0 Å². The van der Waals surface area contributed by atoms with Gasteiger partial charge in [-0.3, -0.25) is 9.10 Å². The van der Waals surface area contributed by atoms with E-state index in [-0.39, 0.29) is 12.4 Å². The first-order chi connectivity index (χ1) is 14.5. The molecular weight excluding hydrogens is 416 g/mol. The summed E-state index contributed by atoms with van der Waals surface area (Å²) in [5.41, 5.74) is 7.93. The SMILES string of the molecule is CN(c1cc2cc(n1)NCCCCc1cccc(c1)C[C@@](C)(N)C(=O)OC2)S(C)(=O)=O. The summed E-state index contributed by atoms with van der Waals surface area (Å²) in [7, 11) is -2.05. The number of fused-ring (bicyclic) bond motifs is 4. The predicted molar refractivity (Wildman–Crippen MR) is 121 cm³/mol. The molecule has 0 radical (unpaired) electrons. The number of nitrogens with two attached hydrogens (primary N) is 1. The first-order valence-electron chi connectivity index (χ1n) is 10.3. The van der Waals surface area contributed by atoms with Crippen LogP contribution < -0.4 is 15.4 Å². The summed E-state index contributed by atoms with van der Waals surface area (Å²) in [6.45, 7) is 2.32. The Labute approximate surface area is 183 Å². The van der Waals surface area contributed by atoms with Gasteiger partial charge in [0.2, 0.25) is 10.0 Å². The number of nitrogens with one attached hydrogen (secondary N) is 1. The summed E-state index contributed by atoms with van der Waals surface area (Å²) in [6.07, 6.45) is 4.30. The lowest BCUT2D eigenvalue weighted by Crippen LogP contribution is -2.48. The van der Waals surface area contributed by atoms with Gasteiger partial charge in [0.1, 0.15) is 23.8 Å². The standard InChI is InChI=1S/C22H30N4O4S/c1-22(23)14-17-9-6-8-16(11-17)7-4-5-10-24-19-12-18(15-30-21(22)27)13-20(25-19)26(2)31(3,28)29/h6,8-9,11-13H,4-5,7,10,14-15,23H2,1-3H3,(H,24,25)/t22-/m1/s1.